The van der Waals surface area contributed by atoms with Gasteiger partial charge in [0.15, 0.2) is 5.78 Å². The summed E-state index contributed by atoms with van der Waals surface area (Å²) < 4.78 is 0. The number of phenols is 1. The van der Waals surface area contributed by atoms with Crippen molar-refractivity contribution in [2.75, 3.05) is 0 Å². The minimum absolute atomic E-state index is 0.161. The van der Waals surface area contributed by atoms with Crippen molar-refractivity contribution in [3.63, 3.8) is 0 Å². The molecule has 1 aliphatic rings. The number of aryl methyl sites for hydroxylation is 1. The van der Waals surface area contributed by atoms with Gasteiger partial charge in [0.25, 0.3) is 0 Å². The predicted molar refractivity (Wildman–Crippen MR) is 84.3 cm³/mol. The highest BCUT2D eigenvalue weighted by atomic mass is 16.3. The standard InChI is InChI=1S/C19H18O2/c1-12-8-15-11-17(20)16(10-14-6-4-3-5-7-14)13(2)19(15)18(21)9-12/h3-9,21H,10-11H2,1-2H3. The first-order valence-corrected chi connectivity index (χ1v) is 7.16. The highest BCUT2D eigenvalue weighted by Crippen LogP contribution is 2.37. The van der Waals surface area contributed by atoms with Crippen LogP contribution in [-0.2, 0) is 17.6 Å². The lowest BCUT2D eigenvalue weighted by Crippen LogP contribution is -2.17. The summed E-state index contributed by atoms with van der Waals surface area (Å²) in [4.78, 5) is 12.5. The number of hydrogen-bond donors (Lipinski definition) is 1. The molecule has 3 rings (SSSR count). The van der Waals surface area contributed by atoms with Crippen molar-refractivity contribution in [3.8, 4) is 5.75 Å². The molecule has 0 spiro atoms. The maximum absolute atomic E-state index is 12.5. The third-order valence-electron chi connectivity index (χ3n) is 4.08. The summed E-state index contributed by atoms with van der Waals surface area (Å²) in [6.07, 6.45) is 1.00. The molecule has 0 bridgehead atoms. The van der Waals surface area contributed by atoms with E-state index in [0.717, 1.165) is 33.4 Å². The second kappa shape index (κ2) is 5.21. The van der Waals surface area contributed by atoms with Gasteiger partial charge < -0.3 is 5.11 Å². The molecular formula is C19H18O2. The quantitative estimate of drug-likeness (QED) is 0.906. The first kappa shape index (κ1) is 13.6. The highest BCUT2D eigenvalue weighted by Gasteiger charge is 2.25. The second-order valence-corrected chi connectivity index (χ2v) is 5.68. The maximum atomic E-state index is 12.5. The van der Waals surface area contributed by atoms with Crippen molar-refractivity contribution in [2.24, 2.45) is 0 Å². The van der Waals surface area contributed by atoms with E-state index in [0.29, 0.717) is 12.8 Å². The minimum Gasteiger partial charge on any atom is -0.507 e. The molecule has 0 saturated carbocycles. The van der Waals surface area contributed by atoms with E-state index >= 15 is 0 Å². The fourth-order valence-electron chi connectivity index (χ4n) is 3.08. The van der Waals surface area contributed by atoms with Gasteiger partial charge in [-0.05, 0) is 42.2 Å². The molecule has 0 radical (unpaired) electrons. The Balaban J connectivity index is 2.09. The number of aromatic hydroxyl groups is 1. The van der Waals surface area contributed by atoms with Crippen LogP contribution >= 0.6 is 0 Å². The van der Waals surface area contributed by atoms with Crippen LogP contribution in [0.5, 0.6) is 5.75 Å². The van der Waals surface area contributed by atoms with Crippen LogP contribution in [-0.4, -0.2) is 10.9 Å². The van der Waals surface area contributed by atoms with E-state index in [2.05, 4.69) is 0 Å². The topological polar surface area (TPSA) is 37.3 Å². The van der Waals surface area contributed by atoms with Crippen LogP contribution in [0.3, 0.4) is 0 Å². The number of rotatable bonds is 2. The molecule has 2 aromatic rings. The lowest BCUT2D eigenvalue weighted by atomic mass is 9.82. The zero-order chi connectivity index (χ0) is 15.0. The van der Waals surface area contributed by atoms with Gasteiger partial charge in [-0.25, -0.2) is 0 Å². The summed E-state index contributed by atoms with van der Waals surface area (Å²) in [6.45, 7) is 3.87. The molecule has 0 fully saturated rings. The van der Waals surface area contributed by atoms with Crippen LogP contribution in [0, 0.1) is 6.92 Å². The normalized spacial score (nSPS) is 14.3. The van der Waals surface area contributed by atoms with Gasteiger partial charge in [-0.15, -0.1) is 0 Å². The number of benzene rings is 2. The van der Waals surface area contributed by atoms with Crippen LogP contribution in [0.25, 0.3) is 5.57 Å². The summed E-state index contributed by atoms with van der Waals surface area (Å²) in [5, 5.41) is 10.2. The van der Waals surface area contributed by atoms with Gasteiger partial charge in [0, 0.05) is 24.0 Å². The monoisotopic (exact) mass is 278 g/mol. The molecule has 21 heavy (non-hydrogen) atoms. The lowest BCUT2D eigenvalue weighted by molar-refractivity contribution is -0.115. The molecule has 0 amide bonds. The molecule has 0 atom stereocenters. The van der Waals surface area contributed by atoms with Gasteiger partial charge in [-0.3, -0.25) is 4.79 Å². The maximum Gasteiger partial charge on any atom is 0.163 e. The van der Waals surface area contributed by atoms with Crippen LogP contribution in [0.1, 0.15) is 29.2 Å². The fraction of sp³-hybridized carbons (Fsp3) is 0.211. The molecule has 1 N–H and O–H groups in total. The van der Waals surface area contributed by atoms with E-state index in [9.17, 15) is 9.90 Å². The Morgan fingerprint density at radius 2 is 1.81 bits per heavy atom. The number of carbonyl (C=O) groups excluding carboxylic acids is 1. The van der Waals surface area contributed by atoms with E-state index in [-0.39, 0.29) is 11.5 Å². The van der Waals surface area contributed by atoms with Crippen LogP contribution in [0.4, 0.5) is 0 Å². The molecule has 0 heterocycles. The number of phenolic OH excluding ortho intramolecular Hbond substituents is 1. The van der Waals surface area contributed by atoms with Gasteiger partial charge in [-0.2, -0.15) is 0 Å². The number of hydrogen-bond acceptors (Lipinski definition) is 2. The zero-order valence-electron chi connectivity index (χ0n) is 12.3. The summed E-state index contributed by atoms with van der Waals surface area (Å²) in [5.74, 6) is 0.439. The SMILES string of the molecule is CC1=C(Cc2ccccc2)C(=O)Cc2cc(C)cc(O)c21. The Kier molecular flexibility index (Phi) is 3.38. The summed E-state index contributed by atoms with van der Waals surface area (Å²) in [6, 6.07) is 13.7. The molecule has 2 heteroatoms. The largest absolute Gasteiger partial charge is 0.507 e. The second-order valence-electron chi connectivity index (χ2n) is 5.68. The number of ketones is 1. The summed E-state index contributed by atoms with van der Waals surface area (Å²) >= 11 is 0. The molecule has 0 unspecified atom stereocenters. The molecule has 1 aliphatic carbocycles. The molecule has 2 aromatic carbocycles. The average molecular weight is 278 g/mol. The molecule has 2 nitrogen and oxygen atoms in total. The lowest BCUT2D eigenvalue weighted by Gasteiger charge is -2.22. The fourth-order valence-corrected chi connectivity index (χ4v) is 3.08. The van der Waals surface area contributed by atoms with Crippen LogP contribution < -0.4 is 0 Å². The number of fused-ring (bicyclic) bond motifs is 1. The predicted octanol–water partition coefficient (Wildman–Crippen LogP) is 3.84. The van der Waals surface area contributed by atoms with E-state index in [1.165, 1.54) is 0 Å². The number of Topliss-reactive ketones (excluding diaryl/α,β-unsaturated/α-hetero) is 1. The van der Waals surface area contributed by atoms with Gasteiger partial charge in [-0.1, -0.05) is 36.4 Å². The minimum atomic E-state index is 0.161. The Labute approximate surface area is 124 Å². The Morgan fingerprint density at radius 1 is 1.10 bits per heavy atom. The molecule has 0 saturated heterocycles. The summed E-state index contributed by atoms with van der Waals surface area (Å²) in [5.41, 5.74) is 5.60. The van der Waals surface area contributed by atoms with Crippen molar-refractivity contribution in [2.45, 2.75) is 26.7 Å². The third-order valence-corrected chi connectivity index (χ3v) is 4.08. The van der Waals surface area contributed by atoms with Crippen molar-refractivity contribution in [3.05, 3.63) is 70.3 Å². The smallest absolute Gasteiger partial charge is 0.163 e. The summed E-state index contributed by atoms with van der Waals surface area (Å²) in [7, 11) is 0. The third kappa shape index (κ3) is 2.49. The Hall–Kier alpha value is -2.35. The van der Waals surface area contributed by atoms with Crippen molar-refractivity contribution < 1.29 is 9.90 Å². The molecular weight excluding hydrogens is 260 g/mol. The first-order chi connectivity index (χ1) is 10.1. The van der Waals surface area contributed by atoms with Gasteiger partial charge in [0.2, 0.25) is 0 Å². The van der Waals surface area contributed by atoms with Gasteiger partial charge >= 0.3 is 0 Å². The van der Waals surface area contributed by atoms with Crippen LogP contribution in [0.2, 0.25) is 0 Å². The Morgan fingerprint density at radius 3 is 2.52 bits per heavy atom. The Bertz CT molecular complexity index is 740. The first-order valence-electron chi connectivity index (χ1n) is 7.16. The zero-order valence-corrected chi connectivity index (χ0v) is 12.3. The highest BCUT2D eigenvalue weighted by molar-refractivity contribution is 6.07. The average Bonchev–Trinajstić information content (AvgIpc) is 2.43. The van der Waals surface area contributed by atoms with Crippen molar-refractivity contribution in [1.29, 1.82) is 0 Å². The van der Waals surface area contributed by atoms with E-state index in [1.807, 2.05) is 50.2 Å². The van der Waals surface area contributed by atoms with Crippen LogP contribution in [0.15, 0.2) is 48.0 Å². The van der Waals surface area contributed by atoms with Gasteiger partial charge in [0.1, 0.15) is 5.75 Å². The molecule has 0 aliphatic heterocycles. The molecule has 106 valence electrons. The van der Waals surface area contributed by atoms with Gasteiger partial charge in [0.05, 0.1) is 0 Å². The number of carbonyl (C=O) groups is 1. The van der Waals surface area contributed by atoms with E-state index in [1.54, 1.807) is 6.07 Å². The van der Waals surface area contributed by atoms with Crippen molar-refractivity contribution >= 4 is 11.4 Å². The number of allylic oxidation sites excluding steroid dienone is 2. The molecule has 0 aromatic heterocycles. The van der Waals surface area contributed by atoms with E-state index in [4.69, 9.17) is 0 Å². The van der Waals surface area contributed by atoms with Crippen molar-refractivity contribution in [1.82, 2.24) is 0 Å². The van der Waals surface area contributed by atoms with E-state index < -0.39 is 0 Å².